The molecule has 0 unspecified atom stereocenters. The summed E-state index contributed by atoms with van der Waals surface area (Å²) in [5.74, 6) is -0.894. The molecule has 1 aromatic carbocycles. The second kappa shape index (κ2) is 8.15. The maximum atomic E-state index is 12.5. The quantitative estimate of drug-likeness (QED) is 0.853. The molecule has 132 valence electrons. The van der Waals surface area contributed by atoms with E-state index in [0.717, 1.165) is 13.1 Å². The largest absolute Gasteiger partial charge is 0.480 e. The van der Waals surface area contributed by atoms with Crippen LogP contribution >= 0.6 is 0 Å². The van der Waals surface area contributed by atoms with Gasteiger partial charge in [-0.1, -0.05) is 12.1 Å². The van der Waals surface area contributed by atoms with E-state index in [1.54, 1.807) is 4.90 Å². The van der Waals surface area contributed by atoms with E-state index in [9.17, 15) is 9.59 Å². The fourth-order valence-corrected chi connectivity index (χ4v) is 2.91. The highest BCUT2D eigenvalue weighted by Crippen LogP contribution is 2.18. The summed E-state index contributed by atoms with van der Waals surface area (Å²) in [7, 11) is 0. The van der Waals surface area contributed by atoms with Crippen LogP contribution in [0.25, 0.3) is 0 Å². The van der Waals surface area contributed by atoms with E-state index in [-0.39, 0.29) is 25.0 Å². The normalized spacial score (nSPS) is 15.2. The van der Waals surface area contributed by atoms with Gasteiger partial charge < -0.3 is 14.9 Å². The maximum absolute atomic E-state index is 12.5. The minimum atomic E-state index is -0.902. The number of carboxylic acid groups (broad SMARTS) is 1. The number of carbonyl (C=O) groups excluding carboxylic acids is 1. The molecule has 1 fully saturated rings. The predicted octanol–water partition coefficient (Wildman–Crippen LogP) is 1.44. The zero-order chi connectivity index (χ0) is 17.7. The molecule has 0 aromatic heterocycles. The lowest BCUT2D eigenvalue weighted by Crippen LogP contribution is -2.52. The lowest BCUT2D eigenvalue weighted by Gasteiger charge is -2.37. The molecule has 0 saturated carbocycles. The first-order valence-corrected chi connectivity index (χ1v) is 8.42. The van der Waals surface area contributed by atoms with Gasteiger partial charge in [0.1, 0.15) is 0 Å². The van der Waals surface area contributed by atoms with Gasteiger partial charge in [0.15, 0.2) is 0 Å². The summed E-state index contributed by atoms with van der Waals surface area (Å²) < 4.78 is 0. The molecule has 0 spiro atoms. The van der Waals surface area contributed by atoms with Crippen molar-refractivity contribution in [3.63, 3.8) is 0 Å². The monoisotopic (exact) mass is 333 g/mol. The van der Waals surface area contributed by atoms with Crippen LogP contribution in [0.15, 0.2) is 24.3 Å². The fraction of sp³-hybridized carbons (Fsp3) is 0.556. The zero-order valence-corrected chi connectivity index (χ0v) is 14.7. The highest BCUT2D eigenvalue weighted by molar-refractivity contribution is 5.79. The Labute approximate surface area is 143 Å². The van der Waals surface area contributed by atoms with Crippen LogP contribution in [0.1, 0.15) is 19.4 Å². The van der Waals surface area contributed by atoms with Crippen molar-refractivity contribution in [3.05, 3.63) is 29.8 Å². The molecular weight excluding hydrogens is 306 g/mol. The third kappa shape index (κ3) is 4.96. The molecule has 1 aliphatic rings. The number of carbonyl (C=O) groups is 2. The van der Waals surface area contributed by atoms with Gasteiger partial charge in [-0.2, -0.15) is 0 Å². The molecular formula is C18H27N3O3. The highest BCUT2D eigenvalue weighted by Gasteiger charge is 2.24. The van der Waals surface area contributed by atoms with Gasteiger partial charge in [0.05, 0.1) is 13.1 Å². The van der Waals surface area contributed by atoms with E-state index in [2.05, 4.69) is 36.1 Å². The first-order chi connectivity index (χ1) is 11.4. The van der Waals surface area contributed by atoms with Crippen molar-refractivity contribution in [2.45, 2.75) is 26.8 Å². The van der Waals surface area contributed by atoms with E-state index in [4.69, 9.17) is 5.11 Å². The third-order valence-electron chi connectivity index (χ3n) is 4.41. The molecule has 0 bridgehead atoms. The van der Waals surface area contributed by atoms with Crippen LogP contribution in [-0.4, -0.2) is 72.1 Å². The lowest BCUT2D eigenvalue weighted by molar-refractivity contribution is -0.140. The van der Waals surface area contributed by atoms with Gasteiger partial charge in [0.2, 0.25) is 5.91 Å². The Morgan fingerprint density at radius 1 is 1.17 bits per heavy atom. The molecule has 24 heavy (non-hydrogen) atoms. The number of nitrogens with zero attached hydrogens (tertiary/aromatic N) is 3. The van der Waals surface area contributed by atoms with Crippen LogP contribution < -0.4 is 4.90 Å². The molecule has 1 saturated heterocycles. The van der Waals surface area contributed by atoms with Crippen molar-refractivity contribution in [3.8, 4) is 0 Å². The molecule has 6 nitrogen and oxygen atoms in total. The number of carboxylic acids is 1. The molecule has 1 aliphatic heterocycles. The van der Waals surface area contributed by atoms with Crippen LogP contribution in [0.3, 0.4) is 0 Å². The van der Waals surface area contributed by atoms with Gasteiger partial charge in [-0.05, 0) is 38.5 Å². The number of benzene rings is 1. The summed E-state index contributed by atoms with van der Waals surface area (Å²) in [4.78, 5) is 29.2. The minimum absolute atomic E-state index is 0.00819. The highest BCUT2D eigenvalue weighted by atomic mass is 16.4. The number of anilines is 1. The van der Waals surface area contributed by atoms with E-state index < -0.39 is 5.97 Å². The second-order valence-electron chi connectivity index (χ2n) is 6.60. The number of hydrogen-bond donors (Lipinski definition) is 1. The van der Waals surface area contributed by atoms with Gasteiger partial charge in [0, 0.05) is 37.9 Å². The number of amides is 1. The molecule has 6 heteroatoms. The standard InChI is InChI=1S/C18H27N3O3/c1-14(2)21(13-18(23)24)12-17(22)20-9-7-19(8-10-20)16-6-4-5-15(3)11-16/h4-6,11,14H,7-10,12-13H2,1-3H3,(H,23,24). The first-order valence-electron chi connectivity index (χ1n) is 8.42. The van der Waals surface area contributed by atoms with E-state index >= 15 is 0 Å². The summed E-state index contributed by atoms with van der Waals surface area (Å²) in [5.41, 5.74) is 2.42. The summed E-state index contributed by atoms with van der Waals surface area (Å²) in [6, 6.07) is 8.40. The smallest absolute Gasteiger partial charge is 0.317 e. The summed E-state index contributed by atoms with van der Waals surface area (Å²) in [6.07, 6.45) is 0. The first kappa shape index (κ1) is 18.3. The number of hydrogen-bond acceptors (Lipinski definition) is 4. The Bertz CT molecular complexity index is 581. The minimum Gasteiger partial charge on any atom is -0.480 e. The van der Waals surface area contributed by atoms with Gasteiger partial charge in [-0.15, -0.1) is 0 Å². The molecule has 1 heterocycles. The van der Waals surface area contributed by atoms with Crippen molar-refractivity contribution in [1.29, 1.82) is 0 Å². The van der Waals surface area contributed by atoms with Crippen LogP contribution in [0.4, 0.5) is 5.69 Å². The SMILES string of the molecule is Cc1cccc(N2CCN(C(=O)CN(CC(=O)O)C(C)C)CC2)c1. The van der Waals surface area contributed by atoms with E-state index in [1.807, 2.05) is 18.7 Å². The Kier molecular flexibility index (Phi) is 6.20. The summed E-state index contributed by atoms with van der Waals surface area (Å²) >= 11 is 0. The zero-order valence-electron chi connectivity index (χ0n) is 14.7. The molecule has 0 atom stereocenters. The Hall–Kier alpha value is -2.08. The van der Waals surface area contributed by atoms with Crippen molar-refractivity contribution in [2.75, 3.05) is 44.2 Å². The number of piperazine rings is 1. The van der Waals surface area contributed by atoms with Crippen molar-refractivity contribution >= 4 is 17.6 Å². The average molecular weight is 333 g/mol. The van der Waals surface area contributed by atoms with E-state index in [1.165, 1.54) is 11.3 Å². The molecule has 1 amide bonds. The van der Waals surface area contributed by atoms with Crippen molar-refractivity contribution in [1.82, 2.24) is 9.80 Å². The number of aliphatic carboxylic acids is 1. The molecule has 0 aliphatic carbocycles. The van der Waals surface area contributed by atoms with Crippen molar-refractivity contribution < 1.29 is 14.7 Å². The summed E-state index contributed by atoms with van der Waals surface area (Å²) in [5, 5.41) is 8.97. The van der Waals surface area contributed by atoms with Crippen LogP contribution in [0.5, 0.6) is 0 Å². The summed E-state index contributed by atoms with van der Waals surface area (Å²) in [6.45, 7) is 8.90. The Balaban J connectivity index is 1.89. The third-order valence-corrected chi connectivity index (χ3v) is 4.41. The number of rotatable bonds is 6. The van der Waals surface area contributed by atoms with Gasteiger partial charge in [-0.3, -0.25) is 14.5 Å². The lowest BCUT2D eigenvalue weighted by atomic mass is 10.2. The number of aryl methyl sites for hydroxylation is 1. The molecule has 1 aromatic rings. The van der Waals surface area contributed by atoms with Crippen molar-refractivity contribution in [2.24, 2.45) is 0 Å². The van der Waals surface area contributed by atoms with Crippen LogP contribution in [0.2, 0.25) is 0 Å². The predicted molar refractivity (Wildman–Crippen MR) is 94.3 cm³/mol. The van der Waals surface area contributed by atoms with Gasteiger partial charge in [-0.25, -0.2) is 0 Å². The second-order valence-corrected chi connectivity index (χ2v) is 6.60. The van der Waals surface area contributed by atoms with Crippen LogP contribution in [-0.2, 0) is 9.59 Å². The Morgan fingerprint density at radius 2 is 1.83 bits per heavy atom. The average Bonchev–Trinajstić information content (AvgIpc) is 2.54. The Morgan fingerprint density at radius 3 is 2.38 bits per heavy atom. The van der Waals surface area contributed by atoms with Gasteiger partial charge in [0.25, 0.3) is 0 Å². The fourth-order valence-electron chi connectivity index (χ4n) is 2.91. The topological polar surface area (TPSA) is 64.1 Å². The molecule has 2 rings (SSSR count). The van der Waals surface area contributed by atoms with Crippen LogP contribution in [0, 0.1) is 6.92 Å². The van der Waals surface area contributed by atoms with E-state index in [0.29, 0.717) is 13.1 Å². The molecule has 1 N–H and O–H groups in total. The van der Waals surface area contributed by atoms with Gasteiger partial charge >= 0.3 is 5.97 Å². The molecule has 0 radical (unpaired) electrons. The maximum Gasteiger partial charge on any atom is 0.317 e.